The van der Waals surface area contributed by atoms with Gasteiger partial charge in [-0.1, -0.05) is 67.8 Å². The number of nitrogens with one attached hydrogen (secondary N) is 2. The summed E-state index contributed by atoms with van der Waals surface area (Å²) in [4.78, 5) is 42.5. The molecule has 1 aliphatic rings. The zero-order valence-electron chi connectivity index (χ0n) is 24.4. The maximum Gasteiger partial charge on any atom is 0.408 e. The van der Waals surface area contributed by atoms with Crippen molar-refractivity contribution in [2.45, 2.75) is 104 Å². The van der Waals surface area contributed by atoms with Gasteiger partial charge < -0.3 is 20.3 Å². The number of amides is 3. The monoisotopic (exact) mass is 535 g/mol. The maximum atomic E-state index is 14.2. The summed E-state index contributed by atoms with van der Waals surface area (Å²) in [7, 11) is 0. The Kier molecular flexibility index (Phi) is 10.6. The lowest BCUT2D eigenvalue weighted by molar-refractivity contribution is -0.142. The summed E-state index contributed by atoms with van der Waals surface area (Å²) in [5.74, 6) is -0.509. The molecule has 1 saturated carbocycles. The number of ether oxygens (including phenoxy) is 1. The Bertz CT molecular complexity index is 1120. The molecule has 3 amide bonds. The van der Waals surface area contributed by atoms with Crippen molar-refractivity contribution in [3.63, 3.8) is 0 Å². The van der Waals surface area contributed by atoms with Gasteiger partial charge in [-0.05, 0) is 76.6 Å². The first-order valence-electron chi connectivity index (χ1n) is 14.2. The Hall–Kier alpha value is -3.35. The standard InChI is InChI=1S/C32H45N3O4/c1-7-35(30(37)27(21-24-14-10-8-11-15-24)34-31(38)39-32(4,5)6)28(25-19-18-22(2)23(3)20-25)29(36)33-26-16-12-9-13-17-26/h8,10-11,14-15,18-20,26-28H,7,9,12-13,16-17,21H2,1-6H3,(H,33,36)(H,34,38). The maximum absolute atomic E-state index is 14.2. The molecule has 0 radical (unpaired) electrons. The molecule has 2 aromatic rings. The van der Waals surface area contributed by atoms with E-state index < -0.39 is 23.8 Å². The predicted molar refractivity (Wildman–Crippen MR) is 154 cm³/mol. The average molecular weight is 536 g/mol. The third-order valence-corrected chi connectivity index (χ3v) is 7.25. The van der Waals surface area contributed by atoms with E-state index in [0.29, 0.717) is 6.54 Å². The lowest BCUT2D eigenvalue weighted by Gasteiger charge is -2.35. The molecule has 0 heterocycles. The van der Waals surface area contributed by atoms with Crippen LogP contribution in [0.1, 0.15) is 88.1 Å². The number of rotatable bonds is 9. The van der Waals surface area contributed by atoms with E-state index in [9.17, 15) is 14.4 Å². The number of carbonyl (C=O) groups excluding carboxylic acids is 3. The Balaban J connectivity index is 1.96. The second kappa shape index (κ2) is 13.6. The highest BCUT2D eigenvalue weighted by Gasteiger charge is 2.36. The molecular formula is C32H45N3O4. The van der Waals surface area contributed by atoms with E-state index in [4.69, 9.17) is 4.74 Å². The van der Waals surface area contributed by atoms with Crippen molar-refractivity contribution in [1.29, 1.82) is 0 Å². The minimum atomic E-state index is -0.904. The lowest BCUT2D eigenvalue weighted by Crippen LogP contribution is -2.54. The molecule has 0 aromatic heterocycles. The van der Waals surface area contributed by atoms with Crippen LogP contribution in [0.25, 0.3) is 0 Å². The normalized spacial score (nSPS) is 15.6. The number of benzene rings is 2. The molecule has 1 aliphatic carbocycles. The van der Waals surface area contributed by atoms with Crippen LogP contribution in [-0.2, 0) is 20.7 Å². The van der Waals surface area contributed by atoms with E-state index in [-0.39, 0.29) is 24.3 Å². The van der Waals surface area contributed by atoms with Crippen LogP contribution in [0.3, 0.4) is 0 Å². The highest BCUT2D eigenvalue weighted by atomic mass is 16.6. The van der Waals surface area contributed by atoms with Crippen LogP contribution in [0.4, 0.5) is 4.79 Å². The fraction of sp³-hybridized carbons (Fsp3) is 0.531. The van der Waals surface area contributed by atoms with Gasteiger partial charge in [0, 0.05) is 19.0 Å². The number of nitrogens with zero attached hydrogens (tertiary/aromatic N) is 1. The Labute approximate surface area is 233 Å². The highest BCUT2D eigenvalue weighted by Crippen LogP contribution is 2.27. The first kappa shape index (κ1) is 30.2. The zero-order chi connectivity index (χ0) is 28.6. The van der Waals surface area contributed by atoms with Crippen LogP contribution in [0, 0.1) is 13.8 Å². The van der Waals surface area contributed by atoms with Gasteiger partial charge in [0.2, 0.25) is 11.8 Å². The number of hydrogen-bond acceptors (Lipinski definition) is 4. The van der Waals surface area contributed by atoms with E-state index in [1.807, 2.05) is 69.3 Å². The minimum absolute atomic E-state index is 0.106. The molecule has 2 N–H and O–H groups in total. The number of aryl methyl sites for hydroxylation is 2. The van der Waals surface area contributed by atoms with Gasteiger partial charge in [-0.25, -0.2) is 4.79 Å². The topological polar surface area (TPSA) is 87.7 Å². The molecule has 7 heteroatoms. The number of alkyl carbamates (subject to hydrolysis) is 1. The summed E-state index contributed by atoms with van der Waals surface area (Å²) in [5.41, 5.74) is 3.12. The number of carbonyl (C=O) groups is 3. The quantitative estimate of drug-likeness (QED) is 0.426. The molecule has 1 fully saturated rings. The molecule has 0 bridgehead atoms. The third kappa shape index (κ3) is 8.84. The summed E-state index contributed by atoms with van der Waals surface area (Å²) < 4.78 is 5.49. The van der Waals surface area contributed by atoms with Gasteiger partial charge in [-0.2, -0.15) is 0 Å². The molecule has 2 atom stereocenters. The van der Waals surface area contributed by atoms with Crippen molar-refractivity contribution in [2.75, 3.05) is 6.54 Å². The second-order valence-corrected chi connectivity index (χ2v) is 11.6. The molecule has 3 rings (SSSR count). The zero-order valence-corrected chi connectivity index (χ0v) is 24.4. The molecular weight excluding hydrogens is 490 g/mol. The predicted octanol–water partition coefficient (Wildman–Crippen LogP) is 5.78. The number of hydrogen-bond donors (Lipinski definition) is 2. The van der Waals surface area contributed by atoms with Gasteiger partial charge in [0.05, 0.1) is 0 Å². The van der Waals surface area contributed by atoms with Crippen molar-refractivity contribution >= 4 is 17.9 Å². The smallest absolute Gasteiger partial charge is 0.408 e. The second-order valence-electron chi connectivity index (χ2n) is 11.6. The van der Waals surface area contributed by atoms with E-state index in [0.717, 1.165) is 47.9 Å². The van der Waals surface area contributed by atoms with Gasteiger partial charge in [0.1, 0.15) is 17.7 Å². The largest absolute Gasteiger partial charge is 0.444 e. The van der Waals surface area contributed by atoms with Crippen molar-refractivity contribution in [2.24, 2.45) is 0 Å². The van der Waals surface area contributed by atoms with Crippen molar-refractivity contribution in [3.05, 3.63) is 70.8 Å². The third-order valence-electron chi connectivity index (χ3n) is 7.25. The van der Waals surface area contributed by atoms with Gasteiger partial charge in [0.25, 0.3) is 0 Å². The summed E-state index contributed by atoms with van der Waals surface area (Å²) in [5, 5.41) is 6.04. The summed E-state index contributed by atoms with van der Waals surface area (Å²) in [6.07, 6.45) is 4.87. The molecule has 39 heavy (non-hydrogen) atoms. The summed E-state index contributed by atoms with van der Waals surface area (Å²) in [6, 6.07) is 13.8. The Morgan fingerprint density at radius 1 is 0.974 bits per heavy atom. The van der Waals surface area contributed by atoms with Crippen LogP contribution in [0.5, 0.6) is 0 Å². The van der Waals surface area contributed by atoms with E-state index in [2.05, 4.69) is 10.6 Å². The van der Waals surface area contributed by atoms with E-state index >= 15 is 0 Å². The van der Waals surface area contributed by atoms with Crippen LogP contribution in [0.15, 0.2) is 48.5 Å². The Morgan fingerprint density at radius 2 is 1.64 bits per heavy atom. The van der Waals surface area contributed by atoms with Gasteiger partial charge >= 0.3 is 6.09 Å². The first-order chi connectivity index (χ1) is 18.5. The van der Waals surface area contributed by atoms with Gasteiger partial charge in [0.15, 0.2) is 0 Å². The van der Waals surface area contributed by atoms with Gasteiger partial charge in [-0.3, -0.25) is 9.59 Å². The molecule has 2 aromatic carbocycles. The fourth-order valence-electron chi connectivity index (χ4n) is 5.10. The van der Waals surface area contributed by atoms with Crippen molar-refractivity contribution in [1.82, 2.24) is 15.5 Å². The minimum Gasteiger partial charge on any atom is -0.444 e. The van der Waals surface area contributed by atoms with Crippen LogP contribution < -0.4 is 10.6 Å². The summed E-state index contributed by atoms with van der Waals surface area (Å²) >= 11 is 0. The molecule has 0 saturated heterocycles. The van der Waals surface area contributed by atoms with Crippen LogP contribution in [-0.4, -0.2) is 47.0 Å². The van der Waals surface area contributed by atoms with Crippen molar-refractivity contribution in [3.8, 4) is 0 Å². The van der Waals surface area contributed by atoms with Crippen LogP contribution in [0.2, 0.25) is 0 Å². The molecule has 0 aliphatic heterocycles. The molecule has 7 nitrogen and oxygen atoms in total. The first-order valence-corrected chi connectivity index (χ1v) is 14.2. The average Bonchev–Trinajstić information content (AvgIpc) is 2.88. The Morgan fingerprint density at radius 3 is 2.23 bits per heavy atom. The van der Waals surface area contributed by atoms with Gasteiger partial charge in [-0.15, -0.1) is 0 Å². The van der Waals surface area contributed by atoms with E-state index in [1.54, 1.807) is 25.7 Å². The molecule has 0 spiro atoms. The van der Waals surface area contributed by atoms with Crippen LogP contribution >= 0.6 is 0 Å². The van der Waals surface area contributed by atoms with Crippen molar-refractivity contribution < 1.29 is 19.1 Å². The highest BCUT2D eigenvalue weighted by molar-refractivity contribution is 5.92. The molecule has 212 valence electrons. The summed E-state index contributed by atoms with van der Waals surface area (Å²) in [6.45, 7) is 11.6. The van der Waals surface area contributed by atoms with E-state index in [1.165, 1.54) is 6.42 Å². The lowest BCUT2D eigenvalue weighted by atomic mass is 9.94. The number of likely N-dealkylation sites (N-methyl/N-ethyl adjacent to an activating group) is 1. The SMILES string of the molecule is CCN(C(=O)C(Cc1ccccc1)NC(=O)OC(C)(C)C)C(C(=O)NC1CCCCC1)c1ccc(C)c(C)c1. The fourth-order valence-corrected chi connectivity index (χ4v) is 5.10. The molecule has 2 unspecified atom stereocenters.